The molecule has 2 fully saturated rings. The first-order valence-electron chi connectivity index (χ1n) is 9.91. The zero-order valence-electron chi connectivity index (χ0n) is 16.7. The van der Waals surface area contributed by atoms with E-state index in [4.69, 9.17) is 10.5 Å². The molecule has 1 unspecified atom stereocenters. The highest BCUT2D eigenvalue weighted by molar-refractivity contribution is 5.97. The number of nitrogens with two attached hydrogens (primary N) is 1. The first-order valence-corrected chi connectivity index (χ1v) is 9.91. The Kier molecular flexibility index (Phi) is 5.66. The largest absolute Gasteiger partial charge is 0.377 e. The molecular formula is C20H25N7O3. The minimum absolute atomic E-state index is 0.0736. The fourth-order valence-corrected chi connectivity index (χ4v) is 3.32. The van der Waals surface area contributed by atoms with Gasteiger partial charge in [0.15, 0.2) is 0 Å². The van der Waals surface area contributed by atoms with Crippen LogP contribution in [0.25, 0.3) is 0 Å². The molecule has 158 valence electrons. The Labute approximate surface area is 174 Å². The summed E-state index contributed by atoms with van der Waals surface area (Å²) in [6.07, 6.45) is 3.52. The Morgan fingerprint density at radius 3 is 2.67 bits per heavy atom. The van der Waals surface area contributed by atoms with E-state index in [1.54, 1.807) is 7.05 Å². The number of hydrogen-bond acceptors (Lipinski definition) is 8. The number of hydrogen-bond donors (Lipinski definition) is 4. The third-order valence-electron chi connectivity index (χ3n) is 5.11. The number of ether oxygens (including phenoxy) is 1. The molecule has 1 aliphatic carbocycles. The topological polar surface area (TPSA) is 134 Å². The van der Waals surface area contributed by atoms with E-state index in [9.17, 15) is 9.59 Å². The van der Waals surface area contributed by atoms with Gasteiger partial charge in [0.2, 0.25) is 11.9 Å². The monoisotopic (exact) mass is 411 g/mol. The third kappa shape index (κ3) is 4.43. The number of anilines is 4. The molecule has 30 heavy (non-hydrogen) atoms. The van der Waals surface area contributed by atoms with Crippen LogP contribution in [0.4, 0.5) is 23.1 Å². The van der Waals surface area contributed by atoms with Gasteiger partial charge in [0.05, 0.1) is 18.8 Å². The number of carbonyl (C=O) groups excluding carboxylic acids is 2. The predicted molar refractivity (Wildman–Crippen MR) is 113 cm³/mol. The number of benzene rings is 1. The smallest absolute Gasteiger partial charge is 0.254 e. The van der Waals surface area contributed by atoms with Crippen molar-refractivity contribution in [3.8, 4) is 0 Å². The Hall–Kier alpha value is -3.40. The summed E-state index contributed by atoms with van der Waals surface area (Å²) in [5.41, 5.74) is 7.41. The molecule has 2 aliphatic rings. The molecule has 10 heteroatoms. The first kappa shape index (κ1) is 19.9. The summed E-state index contributed by atoms with van der Waals surface area (Å²) in [7, 11) is 1.62. The number of amides is 2. The molecule has 2 amide bonds. The molecule has 2 heterocycles. The normalized spacial score (nSPS) is 18.6. The third-order valence-corrected chi connectivity index (χ3v) is 5.11. The highest BCUT2D eigenvalue weighted by atomic mass is 16.5. The van der Waals surface area contributed by atoms with Gasteiger partial charge in [-0.05, 0) is 37.1 Å². The average molecular weight is 411 g/mol. The standard InChI is InChI=1S/C20H25N7O3/c1-22-19(29)16-11-30-9-8-27(16)14-6-4-13(5-7-14)25-20-23-10-15(17(21)28)18(26-20)24-12-2-3-12/h4-7,10,12,16H,2-3,8-9,11H2,1H3,(H2,21,28)(H,22,29)(H2,23,24,25,26). The molecule has 5 N–H and O–H groups in total. The number of primary amides is 1. The van der Waals surface area contributed by atoms with Crippen molar-refractivity contribution in [1.82, 2.24) is 15.3 Å². The van der Waals surface area contributed by atoms with Gasteiger partial charge in [-0.25, -0.2) is 4.98 Å². The van der Waals surface area contributed by atoms with Crippen molar-refractivity contribution in [2.45, 2.75) is 24.9 Å². The molecule has 1 aromatic heterocycles. The molecule has 2 aromatic rings. The van der Waals surface area contributed by atoms with Crippen LogP contribution in [0.15, 0.2) is 30.5 Å². The van der Waals surface area contributed by atoms with E-state index in [0.717, 1.165) is 24.2 Å². The van der Waals surface area contributed by atoms with Crippen molar-refractivity contribution in [1.29, 1.82) is 0 Å². The summed E-state index contributed by atoms with van der Waals surface area (Å²) in [4.78, 5) is 34.4. The SMILES string of the molecule is CNC(=O)C1COCCN1c1ccc(Nc2ncc(C(N)=O)c(NC3CC3)n2)cc1. The van der Waals surface area contributed by atoms with E-state index < -0.39 is 5.91 Å². The van der Waals surface area contributed by atoms with E-state index >= 15 is 0 Å². The number of aromatic nitrogens is 2. The van der Waals surface area contributed by atoms with Crippen molar-refractivity contribution < 1.29 is 14.3 Å². The van der Waals surface area contributed by atoms with Gasteiger partial charge < -0.3 is 31.3 Å². The number of nitrogens with zero attached hydrogens (tertiary/aromatic N) is 3. The van der Waals surface area contributed by atoms with Gasteiger partial charge in [-0.1, -0.05) is 0 Å². The predicted octanol–water partition coefficient (Wildman–Crippen LogP) is 0.845. The second kappa shape index (κ2) is 8.54. The van der Waals surface area contributed by atoms with E-state index in [1.807, 2.05) is 29.2 Å². The maximum atomic E-state index is 12.1. The lowest BCUT2D eigenvalue weighted by atomic mass is 10.1. The molecule has 0 spiro atoms. The number of carbonyl (C=O) groups is 2. The van der Waals surface area contributed by atoms with Gasteiger partial charge >= 0.3 is 0 Å². The van der Waals surface area contributed by atoms with Gasteiger partial charge in [-0.2, -0.15) is 4.98 Å². The molecule has 1 saturated carbocycles. The summed E-state index contributed by atoms with van der Waals surface area (Å²) in [5.74, 6) is 0.173. The Morgan fingerprint density at radius 2 is 2.00 bits per heavy atom. The number of morpholine rings is 1. The highest BCUT2D eigenvalue weighted by Crippen LogP contribution is 2.27. The lowest BCUT2D eigenvalue weighted by Gasteiger charge is -2.36. The lowest BCUT2D eigenvalue weighted by molar-refractivity contribution is -0.124. The fourth-order valence-electron chi connectivity index (χ4n) is 3.32. The minimum atomic E-state index is -0.565. The van der Waals surface area contributed by atoms with Crippen molar-refractivity contribution in [3.63, 3.8) is 0 Å². The Balaban J connectivity index is 1.49. The summed E-state index contributed by atoms with van der Waals surface area (Å²) in [6, 6.07) is 7.63. The molecule has 0 bridgehead atoms. The van der Waals surface area contributed by atoms with Crippen LogP contribution in [0.5, 0.6) is 0 Å². The zero-order valence-corrected chi connectivity index (χ0v) is 16.7. The van der Waals surface area contributed by atoms with Gasteiger partial charge in [-0.15, -0.1) is 0 Å². The second-order valence-electron chi connectivity index (χ2n) is 7.31. The molecule has 1 aliphatic heterocycles. The van der Waals surface area contributed by atoms with Crippen LogP contribution in [0.3, 0.4) is 0 Å². The lowest BCUT2D eigenvalue weighted by Crippen LogP contribution is -2.53. The van der Waals surface area contributed by atoms with Crippen LogP contribution < -0.4 is 26.6 Å². The van der Waals surface area contributed by atoms with Crippen LogP contribution >= 0.6 is 0 Å². The molecule has 10 nitrogen and oxygen atoms in total. The molecule has 1 aromatic carbocycles. The number of rotatable bonds is 7. The highest BCUT2D eigenvalue weighted by Gasteiger charge is 2.29. The minimum Gasteiger partial charge on any atom is -0.377 e. The first-order chi connectivity index (χ1) is 14.5. The molecule has 1 atom stereocenters. The average Bonchev–Trinajstić information content (AvgIpc) is 3.58. The van der Waals surface area contributed by atoms with Crippen LogP contribution in [0.2, 0.25) is 0 Å². The van der Waals surface area contributed by atoms with Crippen LogP contribution in [0.1, 0.15) is 23.2 Å². The van der Waals surface area contributed by atoms with Gasteiger partial charge in [0.1, 0.15) is 11.9 Å². The molecule has 1 saturated heterocycles. The van der Waals surface area contributed by atoms with Crippen LogP contribution in [0, 0.1) is 0 Å². The zero-order chi connectivity index (χ0) is 21.1. The molecule has 4 rings (SSSR count). The Bertz CT molecular complexity index is 930. The maximum absolute atomic E-state index is 12.1. The number of nitrogens with one attached hydrogen (secondary N) is 3. The van der Waals surface area contributed by atoms with Crippen molar-refractivity contribution in [2.75, 3.05) is 42.3 Å². The summed E-state index contributed by atoms with van der Waals surface area (Å²) in [6.45, 7) is 1.57. The quantitative estimate of drug-likeness (QED) is 0.527. The van der Waals surface area contributed by atoms with E-state index in [1.165, 1.54) is 6.20 Å². The van der Waals surface area contributed by atoms with Crippen molar-refractivity contribution in [3.05, 3.63) is 36.0 Å². The summed E-state index contributed by atoms with van der Waals surface area (Å²) in [5, 5.41) is 9.05. The summed E-state index contributed by atoms with van der Waals surface area (Å²) >= 11 is 0. The Morgan fingerprint density at radius 1 is 1.23 bits per heavy atom. The molecular weight excluding hydrogens is 386 g/mol. The van der Waals surface area contributed by atoms with Crippen LogP contribution in [-0.4, -0.2) is 60.7 Å². The summed E-state index contributed by atoms with van der Waals surface area (Å²) < 4.78 is 5.46. The second-order valence-corrected chi connectivity index (χ2v) is 7.31. The van der Waals surface area contributed by atoms with E-state index in [-0.39, 0.29) is 17.5 Å². The van der Waals surface area contributed by atoms with Gasteiger partial charge in [0.25, 0.3) is 5.91 Å². The van der Waals surface area contributed by atoms with Gasteiger partial charge in [-0.3, -0.25) is 9.59 Å². The van der Waals surface area contributed by atoms with Gasteiger partial charge in [0, 0.05) is 37.2 Å². The maximum Gasteiger partial charge on any atom is 0.254 e. The molecule has 0 radical (unpaired) electrons. The van der Waals surface area contributed by atoms with Crippen molar-refractivity contribution >= 4 is 35.0 Å². The van der Waals surface area contributed by atoms with E-state index in [0.29, 0.717) is 37.6 Å². The van der Waals surface area contributed by atoms with Crippen molar-refractivity contribution in [2.24, 2.45) is 5.73 Å². The van der Waals surface area contributed by atoms with Crippen LogP contribution in [-0.2, 0) is 9.53 Å². The fraction of sp³-hybridized carbons (Fsp3) is 0.400. The number of likely N-dealkylation sites (N-methyl/N-ethyl adjacent to an activating group) is 1. The van der Waals surface area contributed by atoms with E-state index in [2.05, 4.69) is 25.9 Å².